The summed E-state index contributed by atoms with van der Waals surface area (Å²) in [7, 11) is 0. The van der Waals surface area contributed by atoms with Gasteiger partial charge in [0, 0.05) is 30.4 Å². The Labute approximate surface area is 96.2 Å². The average Bonchev–Trinajstić information content (AvgIpc) is 3.09. The standard InChI is InChI=1S/C13H18N2O/c1-10(16)11-2-4-12(5-3-11)14-8-9-15-13-6-7-13/h2-5,13-15H,6-9H2,1H3. The first kappa shape index (κ1) is 11.1. The van der Waals surface area contributed by atoms with Gasteiger partial charge in [-0.25, -0.2) is 0 Å². The Kier molecular flexibility index (Phi) is 3.57. The van der Waals surface area contributed by atoms with Gasteiger partial charge < -0.3 is 10.6 Å². The van der Waals surface area contributed by atoms with E-state index in [0.717, 1.165) is 30.4 Å². The zero-order chi connectivity index (χ0) is 11.4. The lowest BCUT2D eigenvalue weighted by atomic mass is 10.1. The predicted octanol–water partition coefficient (Wildman–Crippen LogP) is 2.05. The van der Waals surface area contributed by atoms with Gasteiger partial charge in [0.15, 0.2) is 5.78 Å². The van der Waals surface area contributed by atoms with E-state index < -0.39 is 0 Å². The summed E-state index contributed by atoms with van der Waals surface area (Å²) in [6, 6.07) is 8.39. The predicted molar refractivity (Wildman–Crippen MR) is 66.0 cm³/mol. The number of carbonyl (C=O) groups excluding carboxylic acids is 1. The molecule has 1 saturated carbocycles. The van der Waals surface area contributed by atoms with Crippen molar-refractivity contribution in [3.8, 4) is 0 Å². The molecule has 1 fully saturated rings. The minimum absolute atomic E-state index is 0.113. The van der Waals surface area contributed by atoms with E-state index in [1.807, 2.05) is 24.3 Å². The van der Waals surface area contributed by atoms with Crippen LogP contribution in [0.15, 0.2) is 24.3 Å². The summed E-state index contributed by atoms with van der Waals surface area (Å²) in [5.74, 6) is 0.113. The molecule has 1 aliphatic rings. The van der Waals surface area contributed by atoms with Gasteiger partial charge in [0.2, 0.25) is 0 Å². The van der Waals surface area contributed by atoms with Crippen LogP contribution >= 0.6 is 0 Å². The highest BCUT2D eigenvalue weighted by Crippen LogP contribution is 2.18. The second-order valence-electron chi connectivity index (χ2n) is 4.29. The highest BCUT2D eigenvalue weighted by Gasteiger charge is 2.19. The molecule has 0 saturated heterocycles. The number of rotatable bonds is 6. The fourth-order valence-electron chi connectivity index (χ4n) is 1.59. The number of nitrogens with one attached hydrogen (secondary N) is 2. The molecule has 0 amide bonds. The van der Waals surface area contributed by atoms with Crippen LogP contribution in [-0.4, -0.2) is 24.9 Å². The van der Waals surface area contributed by atoms with E-state index in [1.165, 1.54) is 12.8 Å². The van der Waals surface area contributed by atoms with Gasteiger partial charge in [-0.3, -0.25) is 4.79 Å². The summed E-state index contributed by atoms with van der Waals surface area (Å²) in [4.78, 5) is 11.1. The molecule has 1 aromatic rings. The van der Waals surface area contributed by atoms with Crippen molar-refractivity contribution >= 4 is 11.5 Å². The molecule has 3 heteroatoms. The lowest BCUT2D eigenvalue weighted by Crippen LogP contribution is -2.23. The molecule has 0 unspecified atom stereocenters. The maximum absolute atomic E-state index is 11.1. The number of benzene rings is 1. The monoisotopic (exact) mass is 218 g/mol. The number of anilines is 1. The lowest BCUT2D eigenvalue weighted by Gasteiger charge is -2.07. The fraction of sp³-hybridized carbons (Fsp3) is 0.462. The second-order valence-corrected chi connectivity index (χ2v) is 4.29. The fourth-order valence-corrected chi connectivity index (χ4v) is 1.59. The van der Waals surface area contributed by atoms with Crippen LogP contribution in [0, 0.1) is 0 Å². The molecule has 3 nitrogen and oxygen atoms in total. The van der Waals surface area contributed by atoms with E-state index in [0.29, 0.717) is 0 Å². The Morgan fingerprint density at radius 1 is 1.25 bits per heavy atom. The minimum atomic E-state index is 0.113. The van der Waals surface area contributed by atoms with E-state index in [4.69, 9.17) is 0 Å². The van der Waals surface area contributed by atoms with Crippen molar-refractivity contribution in [1.29, 1.82) is 0 Å². The maximum Gasteiger partial charge on any atom is 0.159 e. The normalized spacial score (nSPS) is 14.8. The van der Waals surface area contributed by atoms with Crippen LogP contribution in [0.5, 0.6) is 0 Å². The van der Waals surface area contributed by atoms with Crippen molar-refractivity contribution in [2.45, 2.75) is 25.8 Å². The van der Waals surface area contributed by atoms with E-state index in [9.17, 15) is 4.79 Å². The first-order chi connectivity index (χ1) is 7.75. The van der Waals surface area contributed by atoms with E-state index in [2.05, 4.69) is 10.6 Å². The Morgan fingerprint density at radius 2 is 1.94 bits per heavy atom. The van der Waals surface area contributed by atoms with E-state index in [1.54, 1.807) is 6.92 Å². The molecule has 0 aliphatic heterocycles. The largest absolute Gasteiger partial charge is 0.384 e. The van der Waals surface area contributed by atoms with Crippen molar-refractivity contribution in [3.63, 3.8) is 0 Å². The summed E-state index contributed by atoms with van der Waals surface area (Å²) in [6.07, 6.45) is 2.65. The molecule has 0 aromatic heterocycles. The third kappa shape index (κ3) is 3.35. The van der Waals surface area contributed by atoms with Gasteiger partial charge in [-0.2, -0.15) is 0 Å². The molecule has 2 rings (SSSR count). The lowest BCUT2D eigenvalue weighted by molar-refractivity contribution is 0.101. The zero-order valence-corrected chi connectivity index (χ0v) is 9.62. The van der Waals surface area contributed by atoms with Crippen LogP contribution in [0.25, 0.3) is 0 Å². The van der Waals surface area contributed by atoms with Gasteiger partial charge in [-0.05, 0) is 44.0 Å². The van der Waals surface area contributed by atoms with Gasteiger partial charge in [0.25, 0.3) is 0 Å². The van der Waals surface area contributed by atoms with Gasteiger partial charge >= 0.3 is 0 Å². The number of hydrogen-bond donors (Lipinski definition) is 2. The molecule has 0 radical (unpaired) electrons. The van der Waals surface area contributed by atoms with E-state index in [-0.39, 0.29) is 5.78 Å². The Balaban J connectivity index is 1.73. The van der Waals surface area contributed by atoms with Crippen molar-refractivity contribution < 1.29 is 4.79 Å². The number of ketones is 1. The summed E-state index contributed by atoms with van der Waals surface area (Å²) < 4.78 is 0. The van der Waals surface area contributed by atoms with E-state index >= 15 is 0 Å². The van der Waals surface area contributed by atoms with Gasteiger partial charge in [0.1, 0.15) is 0 Å². The van der Waals surface area contributed by atoms with Crippen LogP contribution in [0.2, 0.25) is 0 Å². The molecule has 0 atom stereocenters. The molecule has 16 heavy (non-hydrogen) atoms. The maximum atomic E-state index is 11.1. The summed E-state index contributed by atoms with van der Waals surface area (Å²) in [5, 5.41) is 6.76. The van der Waals surface area contributed by atoms with Crippen molar-refractivity contribution in [1.82, 2.24) is 5.32 Å². The first-order valence-electron chi connectivity index (χ1n) is 5.84. The van der Waals surface area contributed by atoms with Crippen molar-refractivity contribution in [2.24, 2.45) is 0 Å². The van der Waals surface area contributed by atoms with Crippen LogP contribution < -0.4 is 10.6 Å². The second kappa shape index (κ2) is 5.12. The Hall–Kier alpha value is -1.35. The smallest absolute Gasteiger partial charge is 0.159 e. The van der Waals surface area contributed by atoms with Crippen LogP contribution in [0.4, 0.5) is 5.69 Å². The molecular formula is C13H18N2O. The Morgan fingerprint density at radius 3 is 2.50 bits per heavy atom. The van der Waals surface area contributed by atoms with Crippen LogP contribution in [-0.2, 0) is 0 Å². The average molecular weight is 218 g/mol. The molecule has 0 heterocycles. The van der Waals surface area contributed by atoms with Gasteiger partial charge in [-0.15, -0.1) is 0 Å². The third-order valence-corrected chi connectivity index (χ3v) is 2.76. The van der Waals surface area contributed by atoms with Crippen LogP contribution in [0.3, 0.4) is 0 Å². The first-order valence-corrected chi connectivity index (χ1v) is 5.84. The molecule has 0 bridgehead atoms. The third-order valence-electron chi connectivity index (χ3n) is 2.76. The zero-order valence-electron chi connectivity index (χ0n) is 9.62. The summed E-state index contributed by atoms with van der Waals surface area (Å²) in [5.41, 5.74) is 1.84. The number of carbonyl (C=O) groups is 1. The Bertz CT molecular complexity index is 355. The number of Topliss-reactive ketones (excluding diaryl/α,β-unsaturated/α-hetero) is 1. The topological polar surface area (TPSA) is 41.1 Å². The highest BCUT2D eigenvalue weighted by atomic mass is 16.1. The summed E-state index contributed by atoms with van der Waals surface area (Å²) in [6.45, 7) is 3.51. The molecule has 2 N–H and O–H groups in total. The molecular weight excluding hydrogens is 200 g/mol. The quantitative estimate of drug-likeness (QED) is 0.567. The van der Waals surface area contributed by atoms with Crippen molar-refractivity contribution in [2.75, 3.05) is 18.4 Å². The summed E-state index contributed by atoms with van der Waals surface area (Å²) >= 11 is 0. The molecule has 1 aliphatic carbocycles. The SMILES string of the molecule is CC(=O)c1ccc(NCCNC2CC2)cc1. The minimum Gasteiger partial charge on any atom is -0.384 e. The van der Waals surface area contributed by atoms with Crippen molar-refractivity contribution in [3.05, 3.63) is 29.8 Å². The molecule has 1 aromatic carbocycles. The van der Waals surface area contributed by atoms with Gasteiger partial charge in [0.05, 0.1) is 0 Å². The van der Waals surface area contributed by atoms with Crippen LogP contribution in [0.1, 0.15) is 30.1 Å². The molecule has 86 valence electrons. The highest BCUT2D eigenvalue weighted by molar-refractivity contribution is 5.94. The number of hydrogen-bond acceptors (Lipinski definition) is 3. The van der Waals surface area contributed by atoms with Gasteiger partial charge in [-0.1, -0.05) is 0 Å². The molecule has 0 spiro atoms.